The summed E-state index contributed by atoms with van der Waals surface area (Å²) in [5.74, 6) is -1.84. The van der Waals surface area contributed by atoms with Gasteiger partial charge in [0.2, 0.25) is 5.92 Å². The van der Waals surface area contributed by atoms with E-state index in [-0.39, 0.29) is 37.9 Å². The minimum atomic E-state index is -2.59. The zero-order chi connectivity index (χ0) is 20.1. The summed E-state index contributed by atoms with van der Waals surface area (Å²) in [5, 5.41) is 16.7. The van der Waals surface area contributed by atoms with E-state index in [1.54, 1.807) is 18.3 Å². The summed E-state index contributed by atoms with van der Waals surface area (Å²) in [6, 6.07) is 5.22. The largest absolute Gasteiger partial charge is 0.469 e. The highest BCUT2D eigenvalue weighted by Crippen LogP contribution is 2.34. The predicted molar refractivity (Wildman–Crippen MR) is 98.4 cm³/mol. The fourth-order valence-corrected chi connectivity index (χ4v) is 3.22. The lowest BCUT2D eigenvalue weighted by Crippen LogP contribution is -2.32. The van der Waals surface area contributed by atoms with E-state index in [1.807, 2.05) is 6.07 Å². The third-order valence-corrected chi connectivity index (χ3v) is 4.83. The Morgan fingerprint density at radius 3 is 2.79 bits per heavy atom. The molecule has 152 valence electrons. The van der Waals surface area contributed by atoms with Gasteiger partial charge in [0, 0.05) is 31.5 Å². The van der Waals surface area contributed by atoms with Crippen molar-refractivity contribution in [2.24, 2.45) is 0 Å². The number of halogens is 2. The Balaban J connectivity index is 1.81. The number of carbonyl (C=O) groups is 1. The molecule has 2 aromatic rings. The van der Waals surface area contributed by atoms with Crippen LogP contribution in [0.4, 0.5) is 14.6 Å². The molecular weight excluding hydrogens is 370 g/mol. The summed E-state index contributed by atoms with van der Waals surface area (Å²) < 4.78 is 33.0. The maximum absolute atomic E-state index is 13.4. The molecule has 1 aliphatic rings. The number of aromatic nitrogens is 3. The van der Waals surface area contributed by atoms with Gasteiger partial charge in [-0.25, -0.2) is 18.4 Å². The molecule has 0 saturated heterocycles. The van der Waals surface area contributed by atoms with Gasteiger partial charge in [0.15, 0.2) is 5.82 Å². The van der Waals surface area contributed by atoms with Crippen molar-refractivity contribution in [1.29, 1.82) is 0 Å². The highest BCUT2D eigenvalue weighted by molar-refractivity contribution is 5.69. The first-order valence-corrected chi connectivity index (χ1v) is 9.26. The Kier molecular flexibility index (Phi) is 6.23. The fraction of sp³-hybridized carbons (Fsp3) is 0.526. The van der Waals surface area contributed by atoms with Crippen LogP contribution in [0.5, 0.6) is 0 Å². The summed E-state index contributed by atoms with van der Waals surface area (Å²) >= 11 is 0. The molecule has 1 aliphatic carbocycles. The van der Waals surface area contributed by atoms with E-state index >= 15 is 0 Å². The van der Waals surface area contributed by atoms with Crippen LogP contribution in [-0.4, -0.2) is 44.9 Å². The van der Waals surface area contributed by atoms with Crippen LogP contribution in [0.15, 0.2) is 24.4 Å². The van der Waals surface area contributed by atoms with E-state index in [1.165, 1.54) is 11.8 Å². The number of rotatable bonds is 7. The van der Waals surface area contributed by atoms with Crippen LogP contribution in [0.2, 0.25) is 0 Å². The number of nitrogens with one attached hydrogen (secondary N) is 1. The Labute approximate surface area is 161 Å². The quantitative estimate of drug-likeness (QED) is 0.702. The van der Waals surface area contributed by atoms with Crippen molar-refractivity contribution in [2.75, 3.05) is 12.4 Å². The number of carbonyl (C=O) groups excluding carboxylic acids is 1. The number of methoxy groups -OCH3 is 1. The van der Waals surface area contributed by atoms with Gasteiger partial charge in [-0.3, -0.25) is 4.79 Å². The van der Waals surface area contributed by atoms with E-state index in [4.69, 9.17) is 0 Å². The number of esters is 1. The van der Waals surface area contributed by atoms with Crippen molar-refractivity contribution >= 4 is 11.8 Å². The van der Waals surface area contributed by atoms with E-state index in [9.17, 15) is 18.7 Å². The number of alkyl halides is 2. The highest BCUT2D eigenvalue weighted by Gasteiger charge is 2.34. The number of anilines is 1. The van der Waals surface area contributed by atoms with Gasteiger partial charge in [0.05, 0.1) is 19.4 Å². The van der Waals surface area contributed by atoms with Gasteiger partial charge in [0.25, 0.3) is 0 Å². The molecule has 1 fully saturated rings. The van der Waals surface area contributed by atoms with Gasteiger partial charge in [-0.1, -0.05) is 0 Å². The van der Waals surface area contributed by atoms with Crippen LogP contribution < -0.4 is 5.32 Å². The molecule has 2 heterocycles. The monoisotopic (exact) mass is 394 g/mol. The lowest BCUT2D eigenvalue weighted by Gasteiger charge is -2.29. The van der Waals surface area contributed by atoms with Gasteiger partial charge < -0.3 is 15.2 Å². The molecule has 0 atom stereocenters. The molecule has 0 spiro atoms. The van der Waals surface area contributed by atoms with Crippen molar-refractivity contribution < 1.29 is 23.4 Å². The highest BCUT2D eigenvalue weighted by atomic mass is 19.3. The molecule has 2 aromatic heterocycles. The van der Waals surface area contributed by atoms with E-state index in [0.29, 0.717) is 36.6 Å². The first-order chi connectivity index (χ1) is 13.4. The zero-order valence-electron chi connectivity index (χ0n) is 15.7. The summed E-state index contributed by atoms with van der Waals surface area (Å²) in [6.45, 7) is -0.184. The summed E-state index contributed by atoms with van der Waals surface area (Å²) in [4.78, 5) is 16.0. The first kappa shape index (κ1) is 20.2. The fourth-order valence-electron chi connectivity index (χ4n) is 3.22. The molecule has 3 rings (SSSR count). The SMILES string of the molecule is COC(=O)CCc1cc(NC2CCC(F)(F)CC2)nc(-n2ccc(CO)n2)c1. The molecule has 0 aromatic carbocycles. The smallest absolute Gasteiger partial charge is 0.305 e. The lowest BCUT2D eigenvalue weighted by atomic mass is 9.92. The van der Waals surface area contributed by atoms with Crippen molar-refractivity contribution in [1.82, 2.24) is 14.8 Å². The minimum absolute atomic E-state index is 0.0820. The normalized spacial score (nSPS) is 16.7. The number of aliphatic hydroxyl groups is 1. The summed E-state index contributed by atoms with van der Waals surface area (Å²) in [5.41, 5.74) is 1.35. The van der Waals surface area contributed by atoms with E-state index < -0.39 is 5.92 Å². The third-order valence-electron chi connectivity index (χ3n) is 4.83. The number of ether oxygens (including phenoxy) is 1. The predicted octanol–water partition coefficient (Wildman–Crippen LogP) is 2.86. The van der Waals surface area contributed by atoms with Crippen LogP contribution >= 0.6 is 0 Å². The van der Waals surface area contributed by atoms with Gasteiger partial charge in [-0.15, -0.1) is 0 Å². The molecule has 0 amide bonds. The number of nitrogens with zero attached hydrogens (tertiary/aromatic N) is 3. The minimum Gasteiger partial charge on any atom is -0.469 e. The Morgan fingerprint density at radius 2 is 2.14 bits per heavy atom. The number of pyridine rings is 1. The molecule has 2 N–H and O–H groups in total. The Bertz CT molecular complexity index is 815. The second-order valence-corrected chi connectivity index (χ2v) is 6.98. The Morgan fingerprint density at radius 1 is 1.39 bits per heavy atom. The van der Waals surface area contributed by atoms with Crippen LogP contribution in [0.1, 0.15) is 43.4 Å². The molecule has 0 unspecified atom stereocenters. The van der Waals surface area contributed by atoms with Gasteiger partial charge in [0.1, 0.15) is 5.82 Å². The van der Waals surface area contributed by atoms with Gasteiger partial charge in [-0.2, -0.15) is 5.10 Å². The van der Waals surface area contributed by atoms with Crippen molar-refractivity contribution in [3.8, 4) is 5.82 Å². The molecule has 0 bridgehead atoms. The van der Waals surface area contributed by atoms with Gasteiger partial charge in [-0.05, 0) is 43.0 Å². The maximum Gasteiger partial charge on any atom is 0.305 e. The summed E-state index contributed by atoms with van der Waals surface area (Å²) in [6.07, 6.45) is 2.81. The van der Waals surface area contributed by atoms with Gasteiger partial charge >= 0.3 is 5.97 Å². The average molecular weight is 394 g/mol. The zero-order valence-corrected chi connectivity index (χ0v) is 15.7. The molecule has 0 radical (unpaired) electrons. The molecule has 0 aliphatic heterocycles. The standard InChI is InChI=1S/C19H24F2N4O3/c1-28-18(27)3-2-13-10-16(22-14-4-7-19(20,21)8-5-14)23-17(11-13)25-9-6-15(12-26)24-25/h6,9-11,14,26H,2-5,7-8,12H2,1H3,(H,22,23). The number of aliphatic hydroxyl groups excluding tert-OH is 1. The topological polar surface area (TPSA) is 89.3 Å². The van der Waals surface area contributed by atoms with Crippen molar-refractivity contribution in [3.05, 3.63) is 35.7 Å². The Hall–Kier alpha value is -2.55. The lowest BCUT2D eigenvalue weighted by molar-refractivity contribution is -0.140. The van der Waals surface area contributed by atoms with Crippen LogP contribution in [0.3, 0.4) is 0 Å². The number of aryl methyl sites for hydroxylation is 1. The van der Waals surface area contributed by atoms with Crippen molar-refractivity contribution in [2.45, 2.75) is 57.1 Å². The average Bonchev–Trinajstić information content (AvgIpc) is 3.17. The third kappa shape index (κ3) is 5.25. The number of hydrogen-bond donors (Lipinski definition) is 2. The molecule has 1 saturated carbocycles. The van der Waals surface area contributed by atoms with Crippen molar-refractivity contribution in [3.63, 3.8) is 0 Å². The van der Waals surface area contributed by atoms with Crippen LogP contribution in [0, 0.1) is 0 Å². The van der Waals surface area contributed by atoms with E-state index in [0.717, 1.165) is 5.56 Å². The molecular formula is C19H24F2N4O3. The summed E-state index contributed by atoms with van der Waals surface area (Å²) in [7, 11) is 1.34. The molecule has 9 heteroatoms. The van der Waals surface area contributed by atoms with E-state index in [2.05, 4.69) is 20.1 Å². The first-order valence-electron chi connectivity index (χ1n) is 9.26. The second-order valence-electron chi connectivity index (χ2n) is 6.98. The molecule has 28 heavy (non-hydrogen) atoms. The second kappa shape index (κ2) is 8.64. The number of hydrogen-bond acceptors (Lipinski definition) is 6. The van der Waals surface area contributed by atoms with Crippen LogP contribution in [0.25, 0.3) is 5.82 Å². The van der Waals surface area contributed by atoms with Crippen LogP contribution in [-0.2, 0) is 22.6 Å². The maximum atomic E-state index is 13.4. The molecule has 7 nitrogen and oxygen atoms in total.